The molecular formula is C18H26F2N2O2. The van der Waals surface area contributed by atoms with Crippen molar-refractivity contribution in [1.29, 1.82) is 0 Å². The summed E-state index contributed by atoms with van der Waals surface area (Å²) in [6.45, 7) is 7.85. The number of likely N-dealkylation sites (tertiary alicyclic amines) is 1. The van der Waals surface area contributed by atoms with Gasteiger partial charge in [-0.2, -0.15) is 0 Å². The molecule has 6 heteroatoms. The Kier molecular flexibility index (Phi) is 5.80. The third-order valence-corrected chi connectivity index (χ3v) is 4.25. The van der Waals surface area contributed by atoms with Gasteiger partial charge in [-0.15, -0.1) is 0 Å². The van der Waals surface area contributed by atoms with Crippen molar-refractivity contribution in [1.82, 2.24) is 10.2 Å². The molecule has 134 valence electrons. The lowest BCUT2D eigenvalue weighted by Crippen LogP contribution is -2.44. The molecule has 0 aromatic heterocycles. The number of benzene rings is 1. The molecule has 1 amide bonds. The second-order valence-electron chi connectivity index (χ2n) is 7.29. The van der Waals surface area contributed by atoms with Crippen LogP contribution in [0.5, 0.6) is 0 Å². The minimum Gasteiger partial charge on any atom is -0.444 e. The fraction of sp³-hybridized carbons (Fsp3) is 0.611. The van der Waals surface area contributed by atoms with Crippen molar-refractivity contribution in [3.63, 3.8) is 0 Å². The number of carbonyl (C=O) groups is 1. The zero-order chi connectivity index (χ0) is 17.9. The number of alkyl halides is 2. The number of nitrogens with one attached hydrogen (secondary N) is 1. The number of carbonyl (C=O) groups excluding carboxylic acids is 1. The summed E-state index contributed by atoms with van der Waals surface area (Å²) in [7, 11) is 0. The number of hydrogen-bond acceptors (Lipinski definition) is 3. The summed E-state index contributed by atoms with van der Waals surface area (Å²) in [6, 6.07) is 9.15. The van der Waals surface area contributed by atoms with E-state index in [1.54, 1.807) is 20.8 Å². The molecule has 0 saturated carbocycles. The fourth-order valence-electron chi connectivity index (χ4n) is 2.99. The number of amides is 1. The molecule has 0 bridgehead atoms. The number of ether oxygens (including phenoxy) is 1. The molecule has 0 radical (unpaired) electrons. The van der Waals surface area contributed by atoms with E-state index in [9.17, 15) is 13.6 Å². The minimum atomic E-state index is -2.49. The smallest absolute Gasteiger partial charge is 0.407 e. The van der Waals surface area contributed by atoms with Gasteiger partial charge in [0.05, 0.1) is 12.0 Å². The summed E-state index contributed by atoms with van der Waals surface area (Å²) >= 11 is 0. The molecule has 3 atom stereocenters. The lowest BCUT2D eigenvalue weighted by Gasteiger charge is -2.25. The Morgan fingerprint density at radius 2 is 1.88 bits per heavy atom. The molecular weight excluding hydrogens is 314 g/mol. The van der Waals surface area contributed by atoms with E-state index < -0.39 is 30.1 Å². The van der Waals surface area contributed by atoms with E-state index in [-0.39, 0.29) is 12.6 Å². The molecule has 2 rings (SSSR count). The summed E-state index contributed by atoms with van der Waals surface area (Å²) in [4.78, 5) is 13.9. The molecule has 1 aromatic carbocycles. The van der Waals surface area contributed by atoms with E-state index in [4.69, 9.17) is 4.74 Å². The van der Waals surface area contributed by atoms with E-state index >= 15 is 0 Å². The predicted molar refractivity (Wildman–Crippen MR) is 89.1 cm³/mol. The number of nitrogens with zero attached hydrogens (tertiary/aromatic N) is 1. The van der Waals surface area contributed by atoms with Crippen LogP contribution in [0.4, 0.5) is 13.6 Å². The Hall–Kier alpha value is -1.69. The van der Waals surface area contributed by atoms with Crippen molar-refractivity contribution in [3.8, 4) is 0 Å². The van der Waals surface area contributed by atoms with Crippen LogP contribution in [-0.2, 0) is 4.74 Å². The average Bonchev–Trinajstić information content (AvgIpc) is 2.89. The highest BCUT2D eigenvalue weighted by atomic mass is 19.3. The van der Waals surface area contributed by atoms with Gasteiger partial charge < -0.3 is 10.1 Å². The van der Waals surface area contributed by atoms with Gasteiger partial charge in [0.25, 0.3) is 0 Å². The molecule has 1 fully saturated rings. The zero-order valence-electron chi connectivity index (χ0n) is 14.6. The van der Waals surface area contributed by atoms with Gasteiger partial charge in [-0.3, -0.25) is 4.90 Å². The van der Waals surface area contributed by atoms with E-state index in [0.29, 0.717) is 6.54 Å². The van der Waals surface area contributed by atoms with Crippen LogP contribution in [-0.4, -0.2) is 42.2 Å². The first-order valence-corrected chi connectivity index (χ1v) is 8.24. The van der Waals surface area contributed by atoms with Gasteiger partial charge in [0.2, 0.25) is 6.43 Å². The van der Waals surface area contributed by atoms with E-state index in [1.165, 1.54) is 0 Å². The Morgan fingerprint density at radius 1 is 1.25 bits per heavy atom. The van der Waals surface area contributed by atoms with Crippen molar-refractivity contribution < 1.29 is 18.3 Å². The van der Waals surface area contributed by atoms with Crippen LogP contribution in [0.25, 0.3) is 0 Å². The van der Waals surface area contributed by atoms with Gasteiger partial charge in [0, 0.05) is 19.1 Å². The Morgan fingerprint density at radius 3 is 2.42 bits per heavy atom. The van der Waals surface area contributed by atoms with E-state index in [2.05, 4.69) is 5.32 Å². The summed E-state index contributed by atoms with van der Waals surface area (Å²) < 4.78 is 32.0. The maximum Gasteiger partial charge on any atom is 0.407 e. The second-order valence-corrected chi connectivity index (χ2v) is 7.29. The standard InChI is InChI=1S/C18H26F2N2O2/c1-12(13-8-6-5-7-9-13)22-10-14(16(19)20)15(11-22)21-17(23)24-18(2,3)4/h5-9,12,14-16H,10-11H2,1-4H3,(H,21,23)/t12-,14-,15+/m1/s1. The summed E-state index contributed by atoms with van der Waals surface area (Å²) in [6.07, 6.45) is -3.13. The van der Waals surface area contributed by atoms with Crippen LogP contribution in [0.1, 0.15) is 39.3 Å². The topological polar surface area (TPSA) is 41.6 Å². The number of hydrogen-bond donors (Lipinski definition) is 1. The molecule has 1 aromatic rings. The highest BCUT2D eigenvalue weighted by Gasteiger charge is 2.41. The quantitative estimate of drug-likeness (QED) is 0.905. The highest BCUT2D eigenvalue weighted by molar-refractivity contribution is 5.68. The number of rotatable bonds is 4. The van der Waals surface area contributed by atoms with Crippen molar-refractivity contribution in [2.45, 2.75) is 51.8 Å². The van der Waals surface area contributed by atoms with Crippen LogP contribution < -0.4 is 5.32 Å². The maximum atomic E-state index is 13.4. The molecule has 0 unspecified atom stereocenters. The molecule has 0 spiro atoms. The van der Waals surface area contributed by atoms with Crippen molar-refractivity contribution >= 4 is 6.09 Å². The van der Waals surface area contributed by atoms with E-state index in [0.717, 1.165) is 5.56 Å². The molecule has 1 aliphatic heterocycles. The molecule has 1 saturated heterocycles. The summed E-state index contributed by atoms with van der Waals surface area (Å²) in [5.41, 5.74) is 0.420. The normalized spacial score (nSPS) is 23.3. The average molecular weight is 340 g/mol. The van der Waals surface area contributed by atoms with Crippen LogP contribution in [0.2, 0.25) is 0 Å². The molecule has 1 N–H and O–H groups in total. The molecule has 0 aliphatic carbocycles. The third kappa shape index (κ3) is 4.90. The first-order chi connectivity index (χ1) is 11.2. The van der Waals surface area contributed by atoms with Gasteiger partial charge in [-0.05, 0) is 33.3 Å². The third-order valence-electron chi connectivity index (χ3n) is 4.25. The molecule has 24 heavy (non-hydrogen) atoms. The van der Waals surface area contributed by atoms with Crippen LogP contribution in [0.15, 0.2) is 30.3 Å². The first kappa shape index (κ1) is 18.6. The van der Waals surface area contributed by atoms with Crippen molar-refractivity contribution in [2.75, 3.05) is 13.1 Å². The van der Waals surface area contributed by atoms with E-state index in [1.807, 2.05) is 42.2 Å². The van der Waals surface area contributed by atoms with Crippen molar-refractivity contribution in [3.05, 3.63) is 35.9 Å². The summed E-state index contributed by atoms with van der Waals surface area (Å²) in [5.74, 6) is -0.899. The second kappa shape index (κ2) is 7.47. The molecule has 4 nitrogen and oxygen atoms in total. The highest BCUT2D eigenvalue weighted by Crippen LogP contribution is 2.30. The van der Waals surface area contributed by atoms with Crippen LogP contribution >= 0.6 is 0 Å². The van der Waals surface area contributed by atoms with Gasteiger partial charge in [-0.25, -0.2) is 13.6 Å². The minimum absolute atomic E-state index is 0.0119. The van der Waals surface area contributed by atoms with Gasteiger partial charge in [-0.1, -0.05) is 30.3 Å². The lowest BCUT2D eigenvalue weighted by atomic mass is 10.1. The van der Waals surface area contributed by atoms with Crippen LogP contribution in [0, 0.1) is 5.92 Å². The fourth-order valence-corrected chi connectivity index (χ4v) is 2.99. The zero-order valence-corrected chi connectivity index (χ0v) is 14.6. The van der Waals surface area contributed by atoms with Gasteiger partial charge in [0.1, 0.15) is 5.60 Å². The monoisotopic (exact) mass is 340 g/mol. The Bertz CT molecular complexity index is 546. The number of halogens is 2. The van der Waals surface area contributed by atoms with Gasteiger partial charge >= 0.3 is 6.09 Å². The van der Waals surface area contributed by atoms with Crippen LogP contribution in [0.3, 0.4) is 0 Å². The molecule has 1 aliphatic rings. The Balaban J connectivity index is 2.04. The largest absolute Gasteiger partial charge is 0.444 e. The number of alkyl carbamates (subject to hydrolysis) is 1. The lowest BCUT2D eigenvalue weighted by molar-refractivity contribution is 0.0406. The predicted octanol–water partition coefficient (Wildman–Crippen LogP) is 3.84. The SMILES string of the molecule is C[C@H](c1ccccc1)N1C[C@H](NC(=O)OC(C)(C)C)[C@H](C(F)F)C1. The van der Waals surface area contributed by atoms with Crippen molar-refractivity contribution in [2.24, 2.45) is 5.92 Å². The maximum absolute atomic E-state index is 13.4. The molecule has 1 heterocycles. The Labute approximate surface area is 142 Å². The summed E-state index contributed by atoms with van der Waals surface area (Å²) in [5, 5.41) is 2.62. The first-order valence-electron chi connectivity index (χ1n) is 8.24. The van der Waals surface area contributed by atoms with Gasteiger partial charge in [0.15, 0.2) is 0 Å².